The lowest BCUT2D eigenvalue weighted by Gasteiger charge is -2.10. The molecule has 2 rings (SSSR count). The number of amides is 1. The van der Waals surface area contributed by atoms with Crippen molar-refractivity contribution in [3.05, 3.63) is 28.5 Å². The Hall–Kier alpha value is -0.720. The third-order valence-electron chi connectivity index (χ3n) is 2.61. The summed E-state index contributed by atoms with van der Waals surface area (Å²) < 4.78 is 13.6. The average molecular weight is 339 g/mol. The van der Waals surface area contributed by atoms with Gasteiger partial charge in [-0.1, -0.05) is 6.07 Å². The summed E-state index contributed by atoms with van der Waals surface area (Å²) in [5.41, 5.74) is 0.766. The molecule has 18 heavy (non-hydrogen) atoms. The van der Waals surface area contributed by atoms with Crippen LogP contribution in [-0.2, 0) is 11.3 Å². The molecule has 1 aliphatic heterocycles. The Kier molecular flexibility index (Phi) is 5.98. The first-order valence-corrected chi connectivity index (χ1v) is 6.21. The van der Waals surface area contributed by atoms with Crippen LogP contribution in [0, 0.1) is 0 Å². The molecular formula is C11H14BrClFN3O. The zero-order valence-electron chi connectivity index (χ0n) is 9.53. The largest absolute Gasteiger partial charge is 0.349 e. The summed E-state index contributed by atoms with van der Waals surface area (Å²) in [7, 11) is 0. The number of pyridine rings is 1. The molecule has 1 aromatic rings. The van der Waals surface area contributed by atoms with Gasteiger partial charge in [0.05, 0.1) is 18.3 Å². The molecule has 0 aliphatic carbocycles. The zero-order chi connectivity index (χ0) is 12.3. The topological polar surface area (TPSA) is 54.0 Å². The summed E-state index contributed by atoms with van der Waals surface area (Å²) in [5.74, 6) is -0.174. The Labute approximate surface area is 119 Å². The maximum absolute atomic E-state index is 12.9. The fourth-order valence-corrected chi connectivity index (χ4v) is 2.12. The Morgan fingerprint density at radius 3 is 3.00 bits per heavy atom. The summed E-state index contributed by atoms with van der Waals surface area (Å²) in [4.78, 5) is 15.9. The van der Waals surface area contributed by atoms with Gasteiger partial charge in [0, 0.05) is 13.0 Å². The molecule has 2 heterocycles. The maximum Gasteiger partial charge on any atom is 0.237 e. The van der Waals surface area contributed by atoms with Gasteiger partial charge < -0.3 is 10.6 Å². The number of aromatic nitrogens is 1. The van der Waals surface area contributed by atoms with Gasteiger partial charge in [-0.05, 0) is 28.1 Å². The smallest absolute Gasteiger partial charge is 0.237 e. The SMILES string of the molecule is Cl.O=C(NCc1cccc(Br)n1)[C@@H]1C[C@@H](F)CN1. The van der Waals surface area contributed by atoms with Gasteiger partial charge in [0.1, 0.15) is 10.8 Å². The first kappa shape index (κ1) is 15.3. The number of nitrogens with zero attached hydrogens (tertiary/aromatic N) is 1. The van der Waals surface area contributed by atoms with Gasteiger partial charge >= 0.3 is 0 Å². The molecule has 1 saturated heterocycles. The number of carbonyl (C=O) groups is 1. The van der Waals surface area contributed by atoms with E-state index in [1.54, 1.807) is 0 Å². The van der Waals surface area contributed by atoms with E-state index in [-0.39, 0.29) is 31.3 Å². The normalized spacial score (nSPS) is 22.3. The lowest BCUT2D eigenvalue weighted by Crippen LogP contribution is -2.40. The highest BCUT2D eigenvalue weighted by atomic mass is 79.9. The van der Waals surface area contributed by atoms with Crippen molar-refractivity contribution in [2.75, 3.05) is 6.54 Å². The molecule has 4 nitrogen and oxygen atoms in total. The summed E-state index contributed by atoms with van der Waals surface area (Å²) in [6.07, 6.45) is -0.674. The van der Waals surface area contributed by atoms with E-state index in [4.69, 9.17) is 0 Å². The lowest BCUT2D eigenvalue weighted by molar-refractivity contribution is -0.123. The number of hydrogen-bond donors (Lipinski definition) is 2. The van der Waals surface area contributed by atoms with Crippen LogP contribution in [0.3, 0.4) is 0 Å². The van der Waals surface area contributed by atoms with Crippen LogP contribution in [0.2, 0.25) is 0 Å². The number of nitrogens with one attached hydrogen (secondary N) is 2. The molecule has 0 radical (unpaired) electrons. The second kappa shape index (κ2) is 7.01. The average Bonchev–Trinajstić information content (AvgIpc) is 2.73. The van der Waals surface area contributed by atoms with Crippen molar-refractivity contribution in [3.8, 4) is 0 Å². The van der Waals surface area contributed by atoms with Crippen LogP contribution in [0.15, 0.2) is 22.8 Å². The van der Waals surface area contributed by atoms with Gasteiger partial charge in [-0.15, -0.1) is 12.4 Å². The molecule has 0 saturated carbocycles. The Bertz CT molecular complexity index is 421. The highest BCUT2D eigenvalue weighted by Gasteiger charge is 2.28. The van der Waals surface area contributed by atoms with Gasteiger partial charge in [0.15, 0.2) is 0 Å². The van der Waals surface area contributed by atoms with Gasteiger partial charge in [0.25, 0.3) is 0 Å². The van der Waals surface area contributed by atoms with Crippen LogP contribution in [0.25, 0.3) is 0 Å². The summed E-state index contributed by atoms with van der Waals surface area (Å²) in [6, 6.07) is 5.07. The first-order chi connectivity index (χ1) is 8.15. The van der Waals surface area contributed by atoms with Crippen LogP contribution in [0.5, 0.6) is 0 Å². The van der Waals surface area contributed by atoms with E-state index < -0.39 is 12.2 Å². The van der Waals surface area contributed by atoms with Crippen molar-refractivity contribution in [1.29, 1.82) is 0 Å². The minimum Gasteiger partial charge on any atom is -0.349 e. The van der Waals surface area contributed by atoms with Gasteiger partial charge in [-0.3, -0.25) is 4.79 Å². The standard InChI is InChI=1S/C11H13BrFN3O.ClH/c12-10-3-1-2-8(16-10)6-15-11(17)9-4-7(13)5-14-9;/h1-3,7,9,14H,4-6H2,(H,15,17);1H/t7-,9+;/m1./s1. The Morgan fingerprint density at radius 2 is 2.39 bits per heavy atom. The fraction of sp³-hybridized carbons (Fsp3) is 0.455. The predicted octanol–water partition coefficient (Wildman–Crippen LogP) is 1.58. The molecular weight excluding hydrogens is 324 g/mol. The molecule has 2 atom stereocenters. The number of hydrogen-bond acceptors (Lipinski definition) is 3. The zero-order valence-corrected chi connectivity index (χ0v) is 11.9. The predicted molar refractivity (Wildman–Crippen MR) is 72.3 cm³/mol. The number of rotatable bonds is 3. The second-order valence-corrected chi connectivity index (χ2v) is 4.78. The van der Waals surface area contributed by atoms with Crippen molar-refractivity contribution in [1.82, 2.24) is 15.6 Å². The molecule has 1 fully saturated rings. The molecule has 2 N–H and O–H groups in total. The maximum atomic E-state index is 12.9. The van der Waals surface area contributed by atoms with Crippen LogP contribution in [0.1, 0.15) is 12.1 Å². The van der Waals surface area contributed by atoms with Gasteiger partial charge in [-0.2, -0.15) is 0 Å². The van der Waals surface area contributed by atoms with E-state index in [9.17, 15) is 9.18 Å². The summed E-state index contributed by atoms with van der Waals surface area (Å²) in [6.45, 7) is 0.612. The van der Waals surface area contributed by atoms with E-state index >= 15 is 0 Å². The molecule has 100 valence electrons. The van der Waals surface area contributed by atoms with Gasteiger partial charge in [-0.25, -0.2) is 9.37 Å². The lowest BCUT2D eigenvalue weighted by atomic mass is 10.2. The van der Waals surface area contributed by atoms with Crippen LogP contribution in [0.4, 0.5) is 4.39 Å². The minimum absolute atomic E-state index is 0. The van der Waals surface area contributed by atoms with Crippen molar-refractivity contribution in [2.24, 2.45) is 0 Å². The number of halogens is 3. The van der Waals surface area contributed by atoms with Crippen molar-refractivity contribution in [2.45, 2.75) is 25.2 Å². The Morgan fingerprint density at radius 1 is 1.61 bits per heavy atom. The molecule has 0 spiro atoms. The van der Waals surface area contributed by atoms with Crippen molar-refractivity contribution in [3.63, 3.8) is 0 Å². The van der Waals surface area contributed by atoms with Crippen LogP contribution >= 0.6 is 28.3 Å². The van der Waals surface area contributed by atoms with Crippen molar-refractivity contribution < 1.29 is 9.18 Å². The van der Waals surface area contributed by atoms with Gasteiger partial charge in [0.2, 0.25) is 5.91 Å². The van der Waals surface area contributed by atoms with E-state index in [0.29, 0.717) is 6.54 Å². The monoisotopic (exact) mass is 337 g/mol. The molecule has 7 heteroatoms. The molecule has 0 aromatic carbocycles. The quantitative estimate of drug-likeness (QED) is 0.823. The minimum atomic E-state index is -0.922. The highest BCUT2D eigenvalue weighted by molar-refractivity contribution is 9.10. The fourth-order valence-electron chi connectivity index (χ4n) is 1.74. The van der Waals surface area contributed by atoms with E-state index in [1.807, 2.05) is 18.2 Å². The Balaban J connectivity index is 0.00000162. The molecule has 0 bridgehead atoms. The molecule has 0 unspecified atom stereocenters. The highest BCUT2D eigenvalue weighted by Crippen LogP contribution is 2.10. The summed E-state index contributed by atoms with van der Waals surface area (Å²) >= 11 is 3.26. The number of alkyl halides is 1. The number of carbonyl (C=O) groups excluding carboxylic acids is 1. The molecule has 1 aromatic heterocycles. The van der Waals surface area contributed by atoms with Crippen LogP contribution in [-0.4, -0.2) is 29.6 Å². The van der Waals surface area contributed by atoms with Crippen LogP contribution < -0.4 is 10.6 Å². The van der Waals surface area contributed by atoms with E-state index in [1.165, 1.54) is 0 Å². The summed E-state index contributed by atoms with van der Waals surface area (Å²) in [5, 5.41) is 5.57. The molecule has 1 aliphatic rings. The first-order valence-electron chi connectivity index (χ1n) is 5.42. The van der Waals surface area contributed by atoms with E-state index in [2.05, 4.69) is 31.5 Å². The van der Waals surface area contributed by atoms with Crippen molar-refractivity contribution >= 4 is 34.2 Å². The molecule has 1 amide bonds. The second-order valence-electron chi connectivity index (χ2n) is 3.96. The van der Waals surface area contributed by atoms with E-state index in [0.717, 1.165) is 10.3 Å². The third-order valence-corrected chi connectivity index (χ3v) is 3.05. The third kappa shape index (κ3) is 4.19.